The van der Waals surface area contributed by atoms with Crippen LogP contribution in [0.5, 0.6) is 5.75 Å². The Morgan fingerprint density at radius 2 is 2.15 bits per heavy atom. The van der Waals surface area contributed by atoms with E-state index in [-0.39, 0.29) is 12.1 Å². The SMILES string of the molecule is C=CCOc1ccc(Cl)c2c1CN(C(=O)O[C@H]1CN[C@H](C(=O)OC)C1)C2. The summed E-state index contributed by atoms with van der Waals surface area (Å²) >= 11 is 6.27. The number of rotatable bonds is 5. The van der Waals surface area contributed by atoms with E-state index in [0.717, 1.165) is 11.1 Å². The molecule has 7 nitrogen and oxygen atoms in total. The van der Waals surface area contributed by atoms with Crippen LogP contribution in [0, 0.1) is 0 Å². The summed E-state index contributed by atoms with van der Waals surface area (Å²) in [5, 5.41) is 3.58. The quantitative estimate of drug-likeness (QED) is 0.623. The fourth-order valence-corrected chi connectivity index (χ4v) is 3.41. The lowest BCUT2D eigenvalue weighted by molar-refractivity contribution is -0.142. The van der Waals surface area contributed by atoms with E-state index < -0.39 is 12.1 Å². The molecule has 3 rings (SSSR count). The Kier molecular flexibility index (Phi) is 5.68. The van der Waals surface area contributed by atoms with Crippen LogP contribution in [0.1, 0.15) is 17.5 Å². The number of carbonyl (C=O) groups excluding carboxylic acids is 2. The Morgan fingerprint density at radius 3 is 2.88 bits per heavy atom. The van der Waals surface area contributed by atoms with Gasteiger partial charge in [0.2, 0.25) is 0 Å². The number of amides is 1. The van der Waals surface area contributed by atoms with E-state index in [1.807, 2.05) is 0 Å². The van der Waals surface area contributed by atoms with Crippen LogP contribution >= 0.6 is 11.6 Å². The van der Waals surface area contributed by atoms with Crippen molar-refractivity contribution < 1.29 is 23.8 Å². The minimum absolute atomic E-state index is 0.354. The van der Waals surface area contributed by atoms with E-state index in [1.165, 1.54) is 7.11 Å². The van der Waals surface area contributed by atoms with Gasteiger partial charge in [-0.15, -0.1) is 0 Å². The normalized spacial score (nSPS) is 21.2. The van der Waals surface area contributed by atoms with Gasteiger partial charge in [-0.2, -0.15) is 0 Å². The summed E-state index contributed by atoms with van der Waals surface area (Å²) in [4.78, 5) is 25.6. The molecule has 0 radical (unpaired) electrons. The monoisotopic (exact) mass is 380 g/mol. The third-order valence-electron chi connectivity index (χ3n) is 4.49. The van der Waals surface area contributed by atoms with Crippen LogP contribution in [0.2, 0.25) is 5.02 Å². The predicted molar refractivity (Wildman–Crippen MR) is 95.1 cm³/mol. The second-order valence-corrected chi connectivity index (χ2v) is 6.59. The zero-order valence-corrected chi connectivity index (χ0v) is 15.3. The smallest absolute Gasteiger partial charge is 0.410 e. The summed E-state index contributed by atoms with van der Waals surface area (Å²) in [6, 6.07) is 3.11. The summed E-state index contributed by atoms with van der Waals surface area (Å²) in [6.45, 7) is 5.15. The molecule has 0 bridgehead atoms. The molecular weight excluding hydrogens is 360 g/mol. The van der Waals surface area contributed by atoms with Crippen LogP contribution < -0.4 is 10.1 Å². The molecule has 2 atom stereocenters. The van der Waals surface area contributed by atoms with Gasteiger partial charge in [0.1, 0.15) is 24.5 Å². The number of methoxy groups -OCH3 is 1. The van der Waals surface area contributed by atoms with E-state index in [4.69, 9.17) is 25.8 Å². The topological polar surface area (TPSA) is 77.1 Å². The third-order valence-corrected chi connectivity index (χ3v) is 4.84. The molecule has 0 aliphatic carbocycles. The van der Waals surface area contributed by atoms with Crippen molar-refractivity contribution in [2.24, 2.45) is 0 Å². The number of hydrogen-bond donors (Lipinski definition) is 1. The second kappa shape index (κ2) is 7.97. The fourth-order valence-electron chi connectivity index (χ4n) is 3.17. The van der Waals surface area contributed by atoms with Gasteiger partial charge in [0.15, 0.2) is 0 Å². The van der Waals surface area contributed by atoms with E-state index in [1.54, 1.807) is 23.1 Å². The van der Waals surface area contributed by atoms with Crippen molar-refractivity contribution in [3.8, 4) is 5.75 Å². The maximum Gasteiger partial charge on any atom is 0.410 e. The van der Waals surface area contributed by atoms with Crippen LogP contribution in [0.4, 0.5) is 4.79 Å². The van der Waals surface area contributed by atoms with Crippen LogP contribution in [-0.4, -0.2) is 49.4 Å². The molecule has 0 aromatic heterocycles. The first-order valence-corrected chi connectivity index (χ1v) is 8.72. The number of hydrogen-bond acceptors (Lipinski definition) is 6. The Morgan fingerprint density at radius 1 is 1.38 bits per heavy atom. The minimum atomic E-state index is -0.443. The molecule has 26 heavy (non-hydrogen) atoms. The highest BCUT2D eigenvalue weighted by Crippen LogP contribution is 2.36. The van der Waals surface area contributed by atoms with Gasteiger partial charge >= 0.3 is 12.1 Å². The molecule has 2 aliphatic heterocycles. The molecule has 0 unspecified atom stereocenters. The van der Waals surface area contributed by atoms with Gasteiger partial charge in [0.05, 0.1) is 20.2 Å². The zero-order valence-electron chi connectivity index (χ0n) is 14.5. The van der Waals surface area contributed by atoms with E-state index in [9.17, 15) is 9.59 Å². The molecule has 1 aromatic rings. The van der Waals surface area contributed by atoms with Crippen molar-refractivity contribution in [1.82, 2.24) is 10.2 Å². The molecule has 2 aliphatic rings. The van der Waals surface area contributed by atoms with Crippen molar-refractivity contribution in [1.29, 1.82) is 0 Å². The van der Waals surface area contributed by atoms with Gasteiger partial charge in [-0.3, -0.25) is 9.69 Å². The van der Waals surface area contributed by atoms with E-state index >= 15 is 0 Å². The summed E-state index contributed by atoms with van der Waals surface area (Å²) in [5.41, 5.74) is 1.75. The summed E-state index contributed by atoms with van der Waals surface area (Å²) in [6.07, 6.45) is 1.24. The Hall–Kier alpha value is -2.25. The number of fused-ring (bicyclic) bond motifs is 1. The molecule has 1 saturated heterocycles. The van der Waals surface area contributed by atoms with E-state index in [2.05, 4.69) is 11.9 Å². The van der Waals surface area contributed by atoms with Gasteiger partial charge in [-0.1, -0.05) is 24.3 Å². The second-order valence-electron chi connectivity index (χ2n) is 6.18. The third kappa shape index (κ3) is 3.78. The van der Waals surface area contributed by atoms with Crippen molar-refractivity contribution >= 4 is 23.7 Å². The molecule has 0 saturated carbocycles. The predicted octanol–water partition coefficient (Wildman–Crippen LogP) is 2.26. The van der Waals surface area contributed by atoms with Crippen molar-refractivity contribution in [3.63, 3.8) is 0 Å². The van der Waals surface area contributed by atoms with Gasteiger partial charge in [-0.05, 0) is 17.7 Å². The Bertz CT molecular complexity index is 724. The number of benzene rings is 1. The van der Waals surface area contributed by atoms with Gasteiger partial charge in [-0.25, -0.2) is 4.79 Å². The first-order chi connectivity index (χ1) is 12.5. The summed E-state index contributed by atoms with van der Waals surface area (Å²) in [5.74, 6) is 0.334. The van der Waals surface area contributed by atoms with Crippen LogP contribution in [-0.2, 0) is 27.4 Å². The van der Waals surface area contributed by atoms with Gasteiger partial charge in [0.25, 0.3) is 0 Å². The summed E-state index contributed by atoms with van der Waals surface area (Å²) in [7, 11) is 1.33. The van der Waals surface area contributed by atoms with Crippen LogP contribution in [0.15, 0.2) is 24.8 Å². The molecule has 140 valence electrons. The zero-order chi connectivity index (χ0) is 18.7. The standard InChI is InChI=1S/C18H21ClN2O5/c1-3-6-25-16-5-4-14(19)12-9-21(10-13(12)16)18(23)26-11-7-15(20-8-11)17(22)24-2/h3-5,11,15,20H,1,6-10H2,2H3/t11-,15+/m1/s1. The molecule has 1 N–H and O–H groups in total. The lowest BCUT2D eigenvalue weighted by Crippen LogP contribution is -2.31. The fraction of sp³-hybridized carbons (Fsp3) is 0.444. The molecule has 1 aromatic carbocycles. The number of esters is 1. The maximum atomic E-state index is 12.5. The lowest BCUT2D eigenvalue weighted by Gasteiger charge is -2.18. The van der Waals surface area contributed by atoms with E-state index in [0.29, 0.717) is 43.4 Å². The first kappa shape index (κ1) is 18.5. The van der Waals surface area contributed by atoms with Gasteiger partial charge < -0.3 is 19.5 Å². The number of ether oxygens (including phenoxy) is 3. The highest BCUT2D eigenvalue weighted by molar-refractivity contribution is 6.31. The minimum Gasteiger partial charge on any atom is -0.489 e. The molecule has 1 amide bonds. The molecular formula is C18H21ClN2O5. The average Bonchev–Trinajstić information content (AvgIpc) is 3.28. The highest BCUT2D eigenvalue weighted by atomic mass is 35.5. The molecule has 0 spiro atoms. The van der Waals surface area contributed by atoms with Crippen LogP contribution in [0.25, 0.3) is 0 Å². The van der Waals surface area contributed by atoms with Crippen molar-refractivity contribution in [2.75, 3.05) is 20.3 Å². The number of nitrogens with zero attached hydrogens (tertiary/aromatic N) is 1. The molecule has 8 heteroatoms. The van der Waals surface area contributed by atoms with Gasteiger partial charge in [0, 0.05) is 23.6 Å². The molecule has 1 fully saturated rings. The average molecular weight is 381 g/mol. The number of nitrogens with one attached hydrogen (secondary N) is 1. The maximum absolute atomic E-state index is 12.5. The Balaban J connectivity index is 1.63. The Labute approximate surface area is 156 Å². The first-order valence-electron chi connectivity index (χ1n) is 8.34. The van der Waals surface area contributed by atoms with Crippen molar-refractivity contribution in [3.05, 3.63) is 40.9 Å². The summed E-state index contributed by atoms with van der Waals surface area (Å²) < 4.78 is 15.9. The molecule has 2 heterocycles. The van der Waals surface area contributed by atoms with Crippen molar-refractivity contribution in [2.45, 2.75) is 31.7 Å². The number of halogens is 1. The highest BCUT2D eigenvalue weighted by Gasteiger charge is 2.35. The largest absolute Gasteiger partial charge is 0.489 e. The lowest BCUT2D eigenvalue weighted by atomic mass is 10.1. The van der Waals surface area contributed by atoms with Crippen LogP contribution in [0.3, 0.4) is 0 Å². The number of carbonyl (C=O) groups is 2.